The van der Waals surface area contributed by atoms with Gasteiger partial charge in [-0.15, -0.1) is 0 Å². The number of hydrogen-bond donors (Lipinski definition) is 3. The Morgan fingerprint density at radius 1 is 0.254 bits per heavy atom. The second kappa shape index (κ2) is 84.7. The maximum atomic E-state index is 13.2. The molecule has 0 aromatic rings. The van der Waals surface area contributed by atoms with Gasteiger partial charge in [-0.3, -0.25) is 37.3 Å². The highest BCUT2D eigenvalue weighted by molar-refractivity contribution is 7.47. The predicted octanol–water partition coefficient (Wildman–Crippen LogP) is 29.6. The van der Waals surface area contributed by atoms with E-state index in [9.17, 15) is 43.2 Å². The first-order chi connectivity index (χ1) is 55.3. The van der Waals surface area contributed by atoms with E-state index in [-0.39, 0.29) is 25.7 Å². The minimum Gasteiger partial charge on any atom is -0.462 e. The molecule has 0 aromatic heterocycles. The van der Waals surface area contributed by atoms with E-state index in [1.165, 1.54) is 321 Å². The van der Waals surface area contributed by atoms with Crippen molar-refractivity contribution >= 4 is 39.5 Å². The van der Waals surface area contributed by atoms with Crippen molar-refractivity contribution in [1.29, 1.82) is 0 Å². The van der Waals surface area contributed by atoms with Crippen LogP contribution in [0.2, 0.25) is 0 Å². The lowest BCUT2D eigenvalue weighted by Gasteiger charge is -2.21. The van der Waals surface area contributed by atoms with Gasteiger partial charge < -0.3 is 33.8 Å². The Morgan fingerprint density at radius 2 is 0.447 bits per heavy atom. The van der Waals surface area contributed by atoms with Crippen LogP contribution in [0.3, 0.4) is 0 Å². The van der Waals surface area contributed by atoms with Crippen LogP contribution >= 0.6 is 15.6 Å². The molecule has 17 nitrogen and oxygen atoms in total. The molecule has 678 valence electrons. The smallest absolute Gasteiger partial charge is 0.462 e. The van der Waals surface area contributed by atoms with E-state index in [0.29, 0.717) is 25.7 Å². The van der Waals surface area contributed by atoms with Gasteiger partial charge in [0.25, 0.3) is 0 Å². The number of aliphatic hydroxyl groups is 1. The second-order valence-corrected chi connectivity index (χ2v) is 38.0. The zero-order chi connectivity index (χ0) is 83.6. The summed E-state index contributed by atoms with van der Waals surface area (Å²) >= 11 is 0. The van der Waals surface area contributed by atoms with E-state index in [4.69, 9.17) is 37.0 Å². The van der Waals surface area contributed by atoms with E-state index in [1.54, 1.807) is 0 Å². The second-order valence-electron chi connectivity index (χ2n) is 35.1. The molecule has 0 aliphatic carbocycles. The van der Waals surface area contributed by atoms with E-state index in [2.05, 4.69) is 48.5 Å². The summed E-state index contributed by atoms with van der Waals surface area (Å²) in [5.41, 5.74) is 0. The molecule has 7 atom stereocenters. The number of aliphatic hydroxyl groups excluding tert-OH is 1. The number of rotatable bonds is 93. The largest absolute Gasteiger partial charge is 0.472 e. The van der Waals surface area contributed by atoms with E-state index in [0.717, 1.165) is 108 Å². The highest BCUT2D eigenvalue weighted by atomic mass is 31.2. The Balaban J connectivity index is 5.18. The Labute approximate surface area is 702 Å². The van der Waals surface area contributed by atoms with Crippen LogP contribution in [0.4, 0.5) is 0 Å². The van der Waals surface area contributed by atoms with Gasteiger partial charge in [0, 0.05) is 25.7 Å². The average Bonchev–Trinajstić information content (AvgIpc) is 0.898. The molecule has 114 heavy (non-hydrogen) atoms. The summed E-state index contributed by atoms with van der Waals surface area (Å²) in [6.07, 6.45) is 79.3. The molecule has 0 fully saturated rings. The third kappa shape index (κ3) is 85.1. The first kappa shape index (κ1) is 112. The molecular weight excluding hydrogens is 1470 g/mol. The Hall–Kier alpha value is -1.94. The van der Waals surface area contributed by atoms with Crippen molar-refractivity contribution in [2.24, 2.45) is 17.8 Å². The highest BCUT2D eigenvalue weighted by Gasteiger charge is 2.31. The molecule has 0 spiro atoms. The Bertz CT molecular complexity index is 2190. The van der Waals surface area contributed by atoms with Crippen LogP contribution in [-0.4, -0.2) is 96.7 Å². The van der Waals surface area contributed by atoms with Crippen LogP contribution in [0, 0.1) is 17.8 Å². The quantitative estimate of drug-likeness (QED) is 0.0222. The van der Waals surface area contributed by atoms with Gasteiger partial charge in [-0.25, -0.2) is 9.13 Å². The van der Waals surface area contributed by atoms with Crippen molar-refractivity contribution < 1.29 is 80.2 Å². The van der Waals surface area contributed by atoms with Gasteiger partial charge in [-0.1, -0.05) is 459 Å². The summed E-state index contributed by atoms with van der Waals surface area (Å²) in [6.45, 7) is 12.2. The number of ether oxygens (including phenoxy) is 4. The molecule has 0 aromatic carbocycles. The van der Waals surface area contributed by atoms with E-state index in [1.807, 2.05) is 0 Å². The summed E-state index contributed by atoms with van der Waals surface area (Å²) in [6, 6.07) is 0. The zero-order valence-electron chi connectivity index (χ0n) is 75.6. The molecule has 19 heteroatoms. The molecule has 3 N–H and O–H groups in total. The normalized spacial score (nSPS) is 14.2. The molecular formula is C95H186O17P2. The van der Waals surface area contributed by atoms with Gasteiger partial charge >= 0.3 is 39.5 Å². The maximum absolute atomic E-state index is 13.2. The van der Waals surface area contributed by atoms with Gasteiger partial charge in [0.05, 0.1) is 26.4 Å². The van der Waals surface area contributed by atoms with Crippen LogP contribution in [0.5, 0.6) is 0 Å². The molecule has 4 unspecified atom stereocenters. The van der Waals surface area contributed by atoms with Crippen LogP contribution in [0.1, 0.15) is 511 Å². The predicted molar refractivity (Wildman–Crippen MR) is 474 cm³/mol. The van der Waals surface area contributed by atoms with Crippen molar-refractivity contribution in [3.63, 3.8) is 0 Å². The van der Waals surface area contributed by atoms with Crippen molar-refractivity contribution in [3.8, 4) is 0 Å². The summed E-state index contributed by atoms with van der Waals surface area (Å²) in [7, 11) is -9.94. The lowest BCUT2D eigenvalue weighted by molar-refractivity contribution is -0.161. The van der Waals surface area contributed by atoms with Gasteiger partial charge in [-0.2, -0.15) is 0 Å². The number of phosphoric ester groups is 2. The minimum absolute atomic E-state index is 0.108. The molecule has 0 amide bonds. The number of unbranched alkanes of at least 4 members (excludes halogenated alkanes) is 59. The van der Waals surface area contributed by atoms with Crippen molar-refractivity contribution in [1.82, 2.24) is 0 Å². The van der Waals surface area contributed by atoms with Crippen LogP contribution < -0.4 is 0 Å². The van der Waals surface area contributed by atoms with Crippen LogP contribution in [0.15, 0.2) is 0 Å². The van der Waals surface area contributed by atoms with E-state index >= 15 is 0 Å². The molecule has 0 aliphatic heterocycles. The Morgan fingerprint density at radius 3 is 0.667 bits per heavy atom. The zero-order valence-corrected chi connectivity index (χ0v) is 77.4. The lowest BCUT2D eigenvalue weighted by atomic mass is 9.99. The maximum Gasteiger partial charge on any atom is 0.472 e. The fourth-order valence-corrected chi connectivity index (χ4v) is 16.5. The third-order valence-electron chi connectivity index (χ3n) is 23.1. The first-order valence-electron chi connectivity index (χ1n) is 48.9. The van der Waals surface area contributed by atoms with Gasteiger partial charge in [0.1, 0.15) is 19.3 Å². The summed E-state index contributed by atoms with van der Waals surface area (Å²) < 4.78 is 69.1. The fraction of sp³-hybridized carbons (Fsp3) is 0.958. The average molecular weight is 1660 g/mol. The van der Waals surface area contributed by atoms with Crippen molar-refractivity contribution in [2.75, 3.05) is 39.6 Å². The topological polar surface area (TPSA) is 237 Å². The van der Waals surface area contributed by atoms with Crippen LogP contribution in [-0.2, 0) is 65.4 Å². The van der Waals surface area contributed by atoms with Crippen molar-refractivity contribution in [3.05, 3.63) is 0 Å². The van der Waals surface area contributed by atoms with Crippen molar-refractivity contribution in [2.45, 2.75) is 529 Å². The number of phosphoric acid groups is 2. The summed E-state index contributed by atoms with van der Waals surface area (Å²) in [5.74, 6) is 0.470. The number of hydrogen-bond acceptors (Lipinski definition) is 15. The summed E-state index contributed by atoms with van der Waals surface area (Å²) in [4.78, 5) is 73.4. The molecule has 0 heterocycles. The third-order valence-corrected chi connectivity index (χ3v) is 25.0. The lowest BCUT2D eigenvalue weighted by Crippen LogP contribution is -2.30. The molecule has 0 aliphatic rings. The Kier molecular flexibility index (Phi) is 83.2. The molecule has 0 bridgehead atoms. The minimum atomic E-state index is -4.97. The SMILES string of the molecule is CCCCCCCCCCCC(=O)OC[C@H](COP(=O)(O)OC[C@H](O)COP(=O)(O)OC[C@@H](COC(=O)CCCCCCCCCCCCCCCCCCCCC(C)CC)OC(=O)CCCCCCCCCCCCCCCCCCCCC(C)CC)OC(=O)CCCCCCCCCCCCCCCCCCCCC(C)C. The number of esters is 4. The van der Waals surface area contributed by atoms with Crippen LogP contribution in [0.25, 0.3) is 0 Å². The molecule has 0 rings (SSSR count). The highest BCUT2D eigenvalue weighted by Crippen LogP contribution is 2.45. The van der Waals surface area contributed by atoms with Gasteiger partial charge in [0.15, 0.2) is 12.2 Å². The molecule has 0 radical (unpaired) electrons. The summed E-state index contributed by atoms with van der Waals surface area (Å²) in [5, 5.41) is 10.7. The molecule has 0 saturated heterocycles. The molecule has 0 saturated carbocycles. The fourth-order valence-electron chi connectivity index (χ4n) is 14.9. The van der Waals surface area contributed by atoms with E-state index < -0.39 is 97.5 Å². The van der Waals surface area contributed by atoms with Gasteiger partial charge in [-0.05, 0) is 43.4 Å². The first-order valence-corrected chi connectivity index (χ1v) is 51.9. The monoisotopic (exact) mass is 1660 g/mol. The number of carbonyl (C=O) groups excluding carboxylic acids is 4. The number of carbonyl (C=O) groups is 4. The standard InChI is InChI=1S/C95H186O17P2/c1-8-11-12-13-14-45-55-62-69-76-92(97)105-82-90(111-94(99)78-71-64-57-50-43-37-31-25-18-15-21-27-33-39-46-52-59-66-73-86(4)5)84-109-113(101,102)107-80-89(96)81-108-114(103,104)110-85-91(112-95(100)79-72-65-58-51-44-38-32-26-20-17-23-29-35-41-48-54-61-68-75-88(7)10-3)83-106-93(98)77-70-63-56-49-42-36-30-24-19-16-22-28-34-40-47-53-60-67-74-87(6)9-2/h86-91,96H,8-85H2,1-7H3,(H,101,102)(H,103,104)/t87?,88?,89-,90+,91+/m0/s1. The van der Waals surface area contributed by atoms with Gasteiger partial charge in [0.2, 0.25) is 0 Å².